The Hall–Kier alpha value is -2.96. The average Bonchev–Trinajstić information content (AvgIpc) is 2.89. The monoisotopic (exact) mass is 362 g/mol. The van der Waals surface area contributed by atoms with Crippen molar-refractivity contribution in [2.24, 2.45) is 0 Å². The second-order valence-corrected chi connectivity index (χ2v) is 5.94. The van der Waals surface area contributed by atoms with Crippen LogP contribution in [0.2, 0.25) is 0 Å². The normalized spacial score (nSPS) is 11.6. The van der Waals surface area contributed by atoms with E-state index in [1.54, 1.807) is 7.11 Å². The summed E-state index contributed by atoms with van der Waals surface area (Å²) in [4.78, 5) is 15.5. The molecule has 0 unspecified atom stereocenters. The van der Waals surface area contributed by atoms with Crippen LogP contribution in [0.3, 0.4) is 0 Å². The number of fused-ring (bicyclic) bond motifs is 1. The summed E-state index contributed by atoms with van der Waals surface area (Å²) in [6, 6.07) is 9.91. The third-order valence-electron chi connectivity index (χ3n) is 4.16. The van der Waals surface area contributed by atoms with E-state index in [0.29, 0.717) is 11.4 Å². The van der Waals surface area contributed by atoms with Gasteiger partial charge >= 0.3 is 6.18 Å². The Kier molecular flexibility index (Phi) is 4.63. The maximum atomic E-state index is 12.6. The molecule has 0 atom stereocenters. The molecule has 4 nitrogen and oxygen atoms in total. The number of anilines is 1. The maximum Gasteiger partial charge on any atom is 0.416 e. The number of nitrogens with one attached hydrogen (secondary N) is 2. The molecule has 0 fully saturated rings. The number of methoxy groups -OCH3 is 1. The number of halogens is 3. The zero-order chi connectivity index (χ0) is 18.9. The van der Waals surface area contributed by atoms with E-state index in [-0.39, 0.29) is 12.3 Å². The third-order valence-corrected chi connectivity index (χ3v) is 4.16. The quantitative estimate of drug-likeness (QED) is 0.708. The predicted octanol–water partition coefficient (Wildman–Crippen LogP) is 4.68. The van der Waals surface area contributed by atoms with Gasteiger partial charge in [0.2, 0.25) is 5.91 Å². The minimum absolute atomic E-state index is 0.0972. The highest BCUT2D eigenvalue weighted by molar-refractivity contribution is 5.96. The molecule has 0 aliphatic rings. The number of H-pyrrole nitrogens is 1. The summed E-state index contributed by atoms with van der Waals surface area (Å²) in [7, 11) is 1.57. The number of hydrogen-bond acceptors (Lipinski definition) is 2. The van der Waals surface area contributed by atoms with Crippen LogP contribution >= 0.6 is 0 Å². The molecule has 3 aromatic rings. The molecule has 3 rings (SSSR count). The Morgan fingerprint density at radius 2 is 1.85 bits per heavy atom. The van der Waals surface area contributed by atoms with E-state index >= 15 is 0 Å². The number of benzene rings is 2. The van der Waals surface area contributed by atoms with E-state index in [2.05, 4.69) is 10.3 Å². The highest BCUT2D eigenvalue weighted by atomic mass is 19.4. The first kappa shape index (κ1) is 17.8. The zero-order valence-corrected chi connectivity index (χ0v) is 14.2. The van der Waals surface area contributed by atoms with E-state index in [1.807, 2.05) is 25.1 Å². The summed E-state index contributed by atoms with van der Waals surface area (Å²) < 4.78 is 43.0. The van der Waals surface area contributed by atoms with Crippen LogP contribution in [-0.4, -0.2) is 18.0 Å². The molecule has 0 radical (unpaired) electrons. The lowest BCUT2D eigenvalue weighted by Gasteiger charge is -2.09. The van der Waals surface area contributed by atoms with Gasteiger partial charge in [0.1, 0.15) is 5.75 Å². The van der Waals surface area contributed by atoms with Crippen molar-refractivity contribution in [2.75, 3.05) is 12.4 Å². The molecular weight excluding hydrogens is 345 g/mol. The fourth-order valence-corrected chi connectivity index (χ4v) is 2.82. The first-order valence-electron chi connectivity index (χ1n) is 7.90. The number of carbonyl (C=O) groups excluding carboxylic acids is 1. The lowest BCUT2D eigenvalue weighted by Crippen LogP contribution is -2.15. The number of hydrogen-bond donors (Lipinski definition) is 2. The number of rotatable bonds is 4. The Morgan fingerprint density at radius 1 is 1.15 bits per heavy atom. The molecule has 0 aliphatic carbocycles. The van der Waals surface area contributed by atoms with Gasteiger partial charge in [-0.3, -0.25) is 4.79 Å². The minimum atomic E-state index is -4.40. The molecule has 2 N–H and O–H groups in total. The molecule has 2 aromatic carbocycles. The van der Waals surface area contributed by atoms with Crippen LogP contribution in [0.25, 0.3) is 10.9 Å². The number of aromatic amines is 1. The molecule has 1 heterocycles. The summed E-state index contributed by atoms with van der Waals surface area (Å²) in [6.45, 7) is 1.87. The molecule has 26 heavy (non-hydrogen) atoms. The van der Waals surface area contributed by atoms with Crippen LogP contribution in [0.1, 0.15) is 16.8 Å². The highest BCUT2D eigenvalue weighted by Crippen LogP contribution is 2.30. The van der Waals surface area contributed by atoms with E-state index in [1.165, 1.54) is 12.1 Å². The molecule has 136 valence electrons. The molecule has 0 spiro atoms. The first-order valence-corrected chi connectivity index (χ1v) is 7.90. The van der Waals surface area contributed by atoms with E-state index in [9.17, 15) is 18.0 Å². The number of aromatic nitrogens is 1. The molecule has 0 aliphatic heterocycles. The van der Waals surface area contributed by atoms with Crippen LogP contribution in [0.4, 0.5) is 18.9 Å². The van der Waals surface area contributed by atoms with E-state index in [0.717, 1.165) is 34.3 Å². The van der Waals surface area contributed by atoms with Gasteiger partial charge in [-0.1, -0.05) is 0 Å². The van der Waals surface area contributed by atoms with Crippen LogP contribution in [0.5, 0.6) is 5.75 Å². The maximum absolute atomic E-state index is 12.6. The second-order valence-electron chi connectivity index (χ2n) is 5.94. The van der Waals surface area contributed by atoms with Gasteiger partial charge in [0, 0.05) is 22.3 Å². The molecular formula is C19H17F3N2O2. The van der Waals surface area contributed by atoms with Crippen molar-refractivity contribution in [3.8, 4) is 5.75 Å². The first-order chi connectivity index (χ1) is 12.3. The van der Waals surface area contributed by atoms with E-state index < -0.39 is 11.7 Å². The third kappa shape index (κ3) is 3.66. The minimum Gasteiger partial charge on any atom is -0.497 e. The van der Waals surface area contributed by atoms with E-state index in [4.69, 9.17) is 4.74 Å². The van der Waals surface area contributed by atoms with Crippen molar-refractivity contribution in [1.29, 1.82) is 0 Å². The summed E-state index contributed by atoms with van der Waals surface area (Å²) in [5.41, 5.74) is 2.13. The number of carbonyl (C=O) groups is 1. The zero-order valence-electron chi connectivity index (χ0n) is 14.2. The molecule has 1 amide bonds. The standard InChI is InChI=1S/C19H17F3N2O2/c1-11-15(16-9-14(26-2)7-8-17(16)23-11)10-18(25)24-13-5-3-12(4-6-13)19(20,21)22/h3-9,23H,10H2,1-2H3,(H,24,25). The molecule has 0 bridgehead atoms. The summed E-state index contributed by atoms with van der Waals surface area (Å²) in [5, 5.41) is 3.51. The average molecular weight is 362 g/mol. The van der Waals surface area contributed by atoms with Crippen LogP contribution in [-0.2, 0) is 17.4 Å². The molecule has 1 aromatic heterocycles. The number of aryl methyl sites for hydroxylation is 1. The van der Waals surface area contributed by atoms with Gasteiger partial charge in [-0.15, -0.1) is 0 Å². The van der Waals surface area contributed by atoms with Gasteiger partial charge < -0.3 is 15.0 Å². The van der Waals surface area contributed by atoms with Crippen LogP contribution in [0, 0.1) is 6.92 Å². The van der Waals surface area contributed by atoms with Crippen molar-refractivity contribution in [1.82, 2.24) is 4.98 Å². The summed E-state index contributed by atoms with van der Waals surface area (Å²) in [5.74, 6) is 0.373. The van der Waals surface area contributed by atoms with Gasteiger partial charge in [0.05, 0.1) is 19.1 Å². The highest BCUT2D eigenvalue weighted by Gasteiger charge is 2.30. The summed E-state index contributed by atoms with van der Waals surface area (Å²) >= 11 is 0. The fourth-order valence-electron chi connectivity index (χ4n) is 2.82. The largest absolute Gasteiger partial charge is 0.497 e. The predicted molar refractivity (Wildman–Crippen MR) is 93.4 cm³/mol. The summed E-state index contributed by atoms with van der Waals surface area (Å²) in [6.07, 6.45) is -4.30. The lowest BCUT2D eigenvalue weighted by atomic mass is 10.1. The molecule has 0 saturated carbocycles. The van der Waals surface area contributed by atoms with Crippen molar-refractivity contribution in [3.05, 3.63) is 59.3 Å². The van der Waals surface area contributed by atoms with Gasteiger partial charge in [-0.25, -0.2) is 0 Å². The van der Waals surface area contributed by atoms with Crippen LogP contribution in [0.15, 0.2) is 42.5 Å². The molecule has 0 saturated heterocycles. The Bertz CT molecular complexity index is 944. The Labute approximate surface area is 148 Å². The molecule has 7 heteroatoms. The van der Waals surface area contributed by atoms with Gasteiger partial charge in [0.15, 0.2) is 0 Å². The smallest absolute Gasteiger partial charge is 0.416 e. The number of amides is 1. The van der Waals surface area contributed by atoms with Gasteiger partial charge in [0.25, 0.3) is 0 Å². The SMILES string of the molecule is COc1ccc2[nH]c(C)c(CC(=O)Nc3ccc(C(F)(F)F)cc3)c2c1. The van der Waals surface area contributed by atoms with Crippen molar-refractivity contribution < 1.29 is 22.7 Å². The van der Waals surface area contributed by atoms with Gasteiger partial charge in [-0.2, -0.15) is 13.2 Å². The number of ether oxygens (including phenoxy) is 1. The fraction of sp³-hybridized carbons (Fsp3) is 0.211. The topological polar surface area (TPSA) is 54.1 Å². The van der Waals surface area contributed by atoms with Crippen molar-refractivity contribution in [3.63, 3.8) is 0 Å². The Balaban J connectivity index is 1.78. The lowest BCUT2D eigenvalue weighted by molar-refractivity contribution is -0.137. The second kappa shape index (κ2) is 6.74. The van der Waals surface area contributed by atoms with Crippen LogP contribution < -0.4 is 10.1 Å². The Morgan fingerprint density at radius 3 is 2.46 bits per heavy atom. The van der Waals surface area contributed by atoms with Crippen molar-refractivity contribution in [2.45, 2.75) is 19.5 Å². The van der Waals surface area contributed by atoms with Crippen molar-refractivity contribution >= 4 is 22.5 Å². The van der Waals surface area contributed by atoms with Gasteiger partial charge in [-0.05, 0) is 55.0 Å². The number of alkyl halides is 3.